The van der Waals surface area contributed by atoms with Crippen LogP contribution in [0, 0.1) is 0 Å². The van der Waals surface area contributed by atoms with Crippen molar-refractivity contribution >= 4 is 28.8 Å². The average molecular weight is 414 g/mol. The highest BCUT2D eigenvalue weighted by Gasteiger charge is 2.12. The minimum atomic E-state index is -0.236. The molecule has 2 heterocycles. The van der Waals surface area contributed by atoms with Gasteiger partial charge >= 0.3 is 0 Å². The Labute approximate surface area is 177 Å². The Morgan fingerprint density at radius 1 is 0.900 bits per heavy atom. The van der Waals surface area contributed by atoms with Crippen LogP contribution in [0.25, 0.3) is 10.6 Å². The van der Waals surface area contributed by atoms with Crippen LogP contribution in [0.4, 0.5) is 5.69 Å². The number of carbonyl (C=O) groups excluding carboxylic acids is 2. The largest absolute Gasteiger partial charge is 0.347 e. The van der Waals surface area contributed by atoms with Gasteiger partial charge in [0.1, 0.15) is 10.7 Å². The molecule has 148 valence electrons. The molecule has 0 radical (unpaired) electrons. The molecule has 0 fully saturated rings. The van der Waals surface area contributed by atoms with E-state index in [0.29, 0.717) is 23.5 Å². The van der Waals surface area contributed by atoms with Crippen molar-refractivity contribution in [2.24, 2.45) is 0 Å². The van der Waals surface area contributed by atoms with Gasteiger partial charge in [0, 0.05) is 41.1 Å². The molecule has 0 saturated carbocycles. The first-order valence-corrected chi connectivity index (χ1v) is 10.2. The molecule has 2 aromatic heterocycles. The SMILES string of the molecule is O=C(Nc1cccc(CNC(=O)c2csc(-c3ccccc3)n2)c1)c1ccncc1. The van der Waals surface area contributed by atoms with Crippen molar-refractivity contribution in [1.82, 2.24) is 15.3 Å². The molecule has 0 atom stereocenters. The Morgan fingerprint density at radius 3 is 2.50 bits per heavy atom. The van der Waals surface area contributed by atoms with Gasteiger partial charge in [-0.25, -0.2) is 4.98 Å². The zero-order chi connectivity index (χ0) is 20.8. The number of carbonyl (C=O) groups is 2. The van der Waals surface area contributed by atoms with Gasteiger partial charge in [0.25, 0.3) is 11.8 Å². The Kier molecular flexibility index (Phi) is 5.91. The van der Waals surface area contributed by atoms with Crippen molar-refractivity contribution in [3.63, 3.8) is 0 Å². The minimum absolute atomic E-state index is 0.213. The predicted octanol–water partition coefficient (Wildman–Crippen LogP) is 4.39. The predicted molar refractivity (Wildman–Crippen MR) is 117 cm³/mol. The Hall–Kier alpha value is -3.84. The van der Waals surface area contributed by atoms with Gasteiger partial charge in [-0.05, 0) is 29.8 Å². The van der Waals surface area contributed by atoms with Crippen LogP contribution in [-0.2, 0) is 6.54 Å². The molecule has 4 aromatic rings. The second-order valence-corrected chi connectivity index (χ2v) is 7.34. The zero-order valence-electron chi connectivity index (χ0n) is 15.9. The van der Waals surface area contributed by atoms with Gasteiger partial charge in [0.05, 0.1) is 0 Å². The topological polar surface area (TPSA) is 84.0 Å². The van der Waals surface area contributed by atoms with Crippen molar-refractivity contribution in [2.45, 2.75) is 6.54 Å². The number of rotatable bonds is 6. The van der Waals surface area contributed by atoms with Gasteiger partial charge in [-0.3, -0.25) is 14.6 Å². The summed E-state index contributed by atoms with van der Waals surface area (Å²) in [6.45, 7) is 0.329. The van der Waals surface area contributed by atoms with Gasteiger partial charge in [0.2, 0.25) is 0 Å². The normalized spacial score (nSPS) is 10.4. The summed E-state index contributed by atoms with van der Waals surface area (Å²) in [5.74, 6) is -0.450. The molecule has 2 amide bonds. The lowest BCUT2D eigenvalue weighted by atomic mass is 10.2. The van der Waals surface area contributed by atoms with E-state index in [1.54, 1.807) is 36.0 Å². The number of thiazole rings is 1. The summed E-state index contributed by atoms with van der Waals surface area (Å²) in [4.78, 5) is 33.1. The van der Waals surface area contributed by atoms with Crippen LogP contribution < -0.4 is 10.6 Å². The second-order valence-electron chi connectivity index (χ2n) is 6.48. The molecule has 0 spiro atoms. The lowest BCUT2D eigenvalue weighted by Crippen LogP contribution is -2.23. The maximum atomic E-state index is 12.5. The van der Waals surface area contributed by atoms with Gasteiger partial charge < -0.3 is 10.6 Å². The Balaban J connectivity index is 1.37. The molecule has 0 bridgehead atoms. The molecule has 0 aliphatic heterocycles. The summed E-state index contributed by atoms with van der Waals surface area (Å²) in [5, 5.41) is 8.29. The lowest BCUT2D eigenvalue weighted by Gasteiger charge is -2.08. The van der Waals surface area contributed by atoms with E-state index >= 15 is 0 Å². The number of amides is 2. The minimum Gasteiger partial charge on any atom is -0.347 e. The molecule has 0 saturated heterocycles. The number of pyridine rings is 1. The number of nitrogens with one attached hydrogen (secondary N) is 2. The van der Waals surface area contributed by atoms with Crippen LogP contribution in [0.3, 0.4) is 0 Å². The first-order valence-electron chi connectivity index (χ1n) is 9.28. The van der Waals surface area contributed by atoms with E-state index in [2.05, 4.69) is 20.6 Å². The van der Waals surface area contributed by atoms with Gasteiger partial charge in [-0.15, -0.1) is 11.3 Å². The fourth-order valence-corrected chi connectivity index (χ4v) is 3.64. The zero-order valence-corrected chi connectivity index (χ0v) is 16.7. The van der Waals surface area contributed by atoms with Crippen LogP contribution in [0.2, 0.25) is 0 Å². The molecule has 4 rings (SSSR count). The summed E-state index contributed by atoms with van der Waals surface area (Å²) in [7, 11) is 0. The number of nitrogens with zero attached hydrogens (tertiary/aromatic N) is 2. The fraction of sp³-hybridized carbons (Fsp3) is 0.0435. The fourth-order valence-electron chi connectivity index (χ4n) is 2.83. The first kappa shape index (κ1) is 19.5. The molecular weight excluding hydrogens is 396 g/mol. The molecular formula is C23H18N4O2S. The standard InChI is InChI=1S/C23H18N4O2S/c28-21(17-9-11-24-12-10-17)26-19-8-4-5-16(13-19)14-25-22(29)20-15-30-23(27-20)18-6-2-1-3-7-18/h1-13,15H,14H2,(H,25,29)(H,26,28). The van der Waals surface area contributed by atoms with Gasteiger partial charge in [-0.1, -0.05) is 42.5 Å². The quantitative estimate of drug-likeness (QED) is 0.490. The number of anilines is 1. The summed E-state index contributed by atoms with van der Waals surface area (Å²) in [5.41, 5.74) is 3.43. The molecule has 0 unspecified atom stereocenters. The average Bonchev–Trinajstić information content (AvgIpc) is 3.29. The monoisotopic (exact) mass is 414 g/mol. The maximum Gasteiger partial charge on any atom is 0.271 e. The summed E-state index contributed by atoms with van der Waals surface area (Å²) in [6, 6.07) is 20.4. The van der Waals surface area contributed by atoms with Crippen molar-refractivity contribution in [1.29, 1.82) is 0 Å². The number of benzene rings is 2. The molecule has 0 aliphatic rings. The van der Waals surface area contributed by atoms with Crippen molar-refractivity contribution in [3.05, 3.63) is 101 Å². The van der Waals surface area contributed by atoms with E-state index in [1.165, 1.54) is 11.3 Å². The van der Waals surface area contributed by atoms with Gasteiger partial charge in [0.15, 0.2) is 0 Å². The lowest BCUT2D eigenvalue weighted by molar-refractivity contribution is 0.0945. The Morgan fingerprint density at radius 2 is 1.70 bits per heavy atom. The highest BCUT2D eigenvalue weighted by atomic mass is 32.1. The third kappa shape index (κ3) is 4.76. The van der Waals surface area contributed by atoms with Crippen LogP contribution in [0.1, 0.15) is 26.4 Å². The third-order valence-electron chi connectivity index (χ3n) is 4.34. The molecule has 7 heteroatoms. The van der Waals surface area contributed by atoms with Crippen molar-refractivity contribution < 1.29 is 9.59 Å². The van der Waals surface area contributed by atoms with E-state index in [1.807, 2.05) is 48.5 Å². The van der Waals surface area contributed by atoms with Gasteiger partial charge in [-0.2, -0.15) is 0 Å². The number of hydrogen-bond donors (Lipinski definition) is 2. The van der Waals surface area contributed by atoms with Crippen LogP contribution in [-0.4, -0.2) is 21.8 Å². The number of hydrogen-bond acceptors (Lipinski definition) is 5. The summed E-state index contributed by atoms with van der Waals surface area (Å²) >= 11 is 1.44. The van der Waals surface area contributed by atoms with Crippen molar-refractivity contribution in [3.8, 4) is 10.6 Å². The van der Waals surface area contributed by atoms with Crippen LogP contribution in [0.5, 0.6) is 0 Å². The van der Waals surface area contributed by atoms with Crippen molar-refractivity contribution in [2.75, 3.05) is 5.32 Å². The number of aromatic nitrogens is 2. The smallest absolute Gasteiger partial charge is 0.271 e. The summed E-state index contributed by atoms with van der Waals surface area (Å²) < 4.78 is 0. The molecule has 30 heavy (non-hydrogen) atoms. The van der Waals surface area contributed by atoms with E-state index in [0.717, 1.165) is 16.1 Å². The molecule has 6 nitrogen and oxygen atoms in total. The summed E-state index contributed by atoms with van der Waals surface area (Å²) in [6.07, 6.45) is 3.14. The first-order chi connectivity index (χ1) is 14.7. The molecule has 2 N–H and O–H groups in total. The molecule has 0 aliphatic carbocycles. The van der Waals surface area contributed by atoms with Crippen LogP contribution >= 0.6 is 11.3 Å². The maximum absolute atomic E-state index is 12.5. The van der Waals surface area contributed by atoms with E-state index in [9.17, 15) is 9.59 Å². The highest BCUT2D eigenvalue weighted by molar-refractivity contribution is 7.13. The Bertz CT molecular complexity index is 1160. The van der Waals surface area contributed by atoms with E-state index in [4.69, 9.17) is 0 Å². The van der Waals surface area contributed by atoms with Crippen LogP contribution in [0.15, 0.2) is 84.5 Å². The highest BCUT2D eigenvalue weighted by Crippen LogP contribution is 2.23. The van der Waals surface area contributed by atoms with E-state index < -0.39 is 0 Å². The van der Waals surface area contributed by atoms with E-state index in [-0.39, 0.29) is 11.8 Å². The molecule has 2 aromatic carbocycles. The second kappa shape index (κ2) is 9.11. The third-order valence-corrected chi connectivity index (χ3v) is 5.23.